The van der Waals surface area contributed by atoms with E-state index in [1.165, 1.54) is 0 Å². The van der Waals surface area contributed by atoms with Gasteiger partial charge in [-0.1, -0.05) is 0 Å². The third-order valence-electron chi connectivity index (χ3n) is 1.81. The van der Waals surface area contributed by atoms with Crippen LogP contribution in [0, 0.1) is 16.4 Å². The van der Waals surface area contributed by atoms with Gasteiger partial charge in [0.05, 0.1) is 14.6 Å². The molecule has 1 aromatic carbocycles. The smallest absolute Gasteiger partial charge is 0.140 e. The number of nitrogens with one attached hydrogen (secondary N) is 1. The van der Waals surface area contributed by atoms with Crippen molar-refractivity contribution in [2.75, 3.05) is 11.6 Å². The highest BCUT2D eigenvalue weighted by molar-refractivity contribution is 7.92. The van der Waals surface area contributed by atoms with Crippen LogP contribution in [0.2, 0.25) is 0 Å². The van der Waals surface area contributed by atoms with E-state index in [1.54, 1.807) is 0 Å². The van der Waals surface area contributed by atoms with Gasteiger partial charge in [-0.05, 0) is 24.6 Å². The van der Waals surface area contributed by atoms with E-state index in [4.69, 9.17) is 16.4 Å². The molecule has 0 amide bonds. The average molecular weight is 254 g/mol. The van der Waals surface area contributed by atoms with Gasteiger partial charge in [0.25, 0.3) is 0 Å². The van der Waals surface area contributed by atoms with E-state index < -0.39 is 21.4 Å². The maximum Gasteiger partial charge on any atom is 0.140 e. The fraction of sp³-hybridized carbons (Fsp3) is 0.333. The molecule has 2 nitrogen and oxygen atoms in total. The first kappa shape index (κ1) is 12.4. The molecule has 6 heteroatoms. The quantitative estimate of drug-likeness (QED) is 0.824. The lowest BCUT2D eigenvalue weighted by atomic mass is 10.3. The van der Waals surface area contributed by atoms with Crippen molar-refractivity contribution in [2.24, 2.45) is 0 Å². The molecule has 1 unspecified atom stereocenters. The molecule has 15 heavy (non-hydrogen) atoms. The van der Waals surface area contributed by atoms with E-state index >= 15 is 0 Å². The van der Waals surface area contributed by atoms with Gasteiger partial charge in [-0.3, -0.25) is 0 Å². The third kappa shape index (κ3) is 3.14. The Kier molecular flexibility index (Phi) is 4.04. The normalized spacial score (nSPS) is 14.9. The molecule has 0 aliphatic rings. The Bertz CT molecular complexity index is 447. The molecule has 0 aromatic heterocycles. The Labute approximate surface area is 92.2 Å². The van der Waals surface area contributed by atoms with Crippen molar-refractivity contribution in [3.8, 4) is 0 Å². The van der Waals surface area contributed by atoms with Crippen molar-refractivity contribution in [3.63, 3.8) is 0 Å². The lowest BCUT2D eigenvalue weighted by Gasteiger charge is -2.07. The van der Waals surface area contributed by atoms with Gasteiger partial charge in [0.15, 0.2) is 0 Å². The van der Waals surface area contributed by atoms with Crippen LogP contribution in [0.3, 0.4) is 0 Å². The molecule has 0 saturated heterocycles. The van der Waals surface area contributed by atoms with Crippen LogP contribution in [0.5, 0.6) is 0 Å². The van der Waals surface area contributed by atoms with E-state index in [9.17, 15) is 13.0 Å². The van der Waals surface area contributed by atoms with E-state index in [2.05, 4.69) is 0 Å². The van der Waals surface area contributed by atoms with E-state index in [0.29, 0.717) is 6.42 Å². The van der Waals surface area contributed by atoms with Crippen LogP contribution in [0.15, 0.2) is 23.1 Å². The standard InChI is InChI=1S/C9H10ClF2NOS/c10-4-1-5-15(13,14)9-6-7(11)2-3-8(9)12/h2-3,6,13H,1,4-5H2. The first-order chi connectivity index (χ1) is 6.97. The van der Waals surface area contributed by atoms with E-state index in [1.807, 2.05) is 0 Å². The Hall–Kier alpha value is -0.680. The Morgan fingerprint density at radius 2 is 2.07 bits per heavy atom. The number of hydrogen-bond acceptors (Lipinski definition) is 2. The van der Waals surface area contributed by atoms with Crippen molar-refractivity contribution in [2.45, 2.75) is 11.3 Å². The molecule has 1 atom stereocenters. The molecule has 0 aliphatic heterocycles. The van der Waals surface area contributed by atoms with Gasteiger partial charge in [-0.25, -0.2) is 17.8 Å². The maximum absolute atomic E-state index is 13.2. The highest BCUT2D eigenvalue weighted by Crippen LogP contribution is 2.18. The minimum absolute atomic E-state index is 0.0587. The fourth-order valence-corrected chi connectivity index (χ4v) is 2.85. The molecule has 0 fully saturated rings. The van der Waals surface area contributed by atoms with Crippen LogP contribution in [0.4, 0.5) is 8.78 Å². The van der Waals surface area contributed by atoms with Crippen molar-refractivity contribution in [3.05, 3.63) is 29.8 Å². The third-order valence-corrected chi connectivity index (χ3v) is 3.97. The second-order valence-corrected chi connectivity index (χ2v) is 5.57. The minimum atomic E-state index is -3.28. The predicted molar refractivity (Wildman–Crippen MR) is 55.7 cm³/mol. The van der Waals surface area contributed by atoms with Gasteiger partial charge in [0.1, 0.15) is 11.6 Å². The highest BCUT2D eigenvalue weighted by atomic mass is 35.5. The van der Waals surface area contributed by atoms with Crippen LogP contribution >= 0.6 is 11.6 Å². The molecule has 84 valence electrons. The zero-order chi connectivity index (χ0) is 11.5. The lowest BCUT2D eigenvalue weighted by Crippen LogP contribution is -2.08. The van der Waals surface area contributed by atoms with Crippen molar-refractivity contribution in [1.82, 2.24) is 0 Å². The van der Waals surface area contributed by atoms with Crippen LogP contribution in [0.25, 0.3) is 0 Å². The fourth-order valence-electron chi connectivity index (χ4n) is 1.10. The second kappa shape index (κ2) is 4.90. The molecular weight excluding hydrogens is 244 g/mol. The molecule has 0 aliphatic carbocycles. The summed E-state index contributed by atoms with van der Waals surface area (Å²) in [6, 6.07) is 2.61. The predicted octanol–water partition coefficient (Wildman–Crippen LogP) is 3.00. The molecule has 0 heterocycles. The van der Waals surface area contributed by atoms with Crippen molar-refractivity contribution in [1.29, 1.82) is 4.78 Å². The summed E-state index contributed by atoms with van der Waals surface area (Å²) in [5, 5.41) is 0. The van der Waals surface area contributed by atoms with Crippen LogP contribution in [-0.2, 0) is 9.73 Å². The topological polar surface area (TPSA) is 40.9 Å². The molecule has 0 radical (unpaired) electrons. The Balaban J connectivity index is 3.09. The second-order valence-electron chi connectivity index (χ2n) is 3.00. The average Bonchev–Trinajstić information content (AvgIpc) is 2.18. The summed E-state index contributed by atoms with van der Waals surface area (Å²) in [4.78, 5) is -0.382. The van der Waals surface area contributed by atoms with Gasteiger partial charge < -0.3 is 0 Å². The highest BCUT2D eigenvalue weighted by Gasteiger charge is 2.15. The maximum atomic E-state index is 13.2. The number of alkyl halides is 1. The Morgan fingerprint density at radius 3 is 2.67 bits per heavy atom. The van der Waals surface area contributed by atoms with Crippen LogP contribution in [-0.4, -0.2) is 15.8 Å². The summed E-state index contributed by atoms with van der Waals surface area (Å²) in [5.41, 5.74) is 0. The monoisotopic (exact) mass is 253 g/mol. The first-order valence-electron chi connectivity index (χ1n) is 4.25. The summed E-state index contributed by atoms with van der Waals surface area (Å²) in [5.74, 6) is -1.33. The minimum Gasteiger partial charge on any atom is -0.249 e. The zero-order valence-electron chi connectivity index (χ0n) is 7.80. The van der Waals surface area contributed by atoms with Crippen LogP contribution < -0.4 is 0 Å². The van der Waals surface area contributed by atoms with Gasteiger partial charge in [-0.2, -0.15) is 0 Å². The summed E-state index contributed by atoms with van der Waals surface area (Å²) in [6.07, 6.45) is 0.333. The van der Waals surface area contributed by atoms with Crippen molar-refractivity contribution < 1.29 is 13.0 Å². The largest absolute Gasteiger partial charge is 0.249 e. The first-order valence-corrected chi connectivity index (χ1v) is 6.51. The molecule has 1 N–H and O–H groups in total. The van der Waals surface area contributed by atoms with E-state index in [0.717, 1.165) is 18.2 Å². The van der Waals surface area contributed by atoms with Crippen molar-refractivity contribution >= 4 is 21.3 Å². The summed E-state index contributed by atoms with van der Waals surface area (Å²) < 4.78 is 45.2. The lowest BCUT2D eigenvalue weighted by molar-refractivity contribution is 0.570. The molecular formula is C9H10ClF2NOS. The van der Waals surface area contributed by atoms with Gasteiger partial charge in [0.2, 0.25) is 0 Å². The number of hydrogen-bond donors (Lipinski definition) is 1. The zero-order valence-corrected chi connectivity index (χ0v) is 9.38. The number of benzene rings is 1. The molecule has 1 rings (SSSR count). The van der Waals surface area contributed by atoms with Gasteiger partial charge in [-0.15, -0.1) is 11.6 Å². The Morgan fingerprint density at radius 1 is 1.40 bits per heavy atom. The summed E-state index contributed by atoms with van der Waals surface area (Å²) in [7, 11) is -3.28. The van der Waals surface area contributed by atoms with Crippen LogP contribution in [0.1, 0.15) is 6.42 Å². The number of rotatable bonds is 4. The van der Waals surface area contributed by atoms with Gasteiger partial charge >= 0.3 is 0 Å². The SMILES string of the molecule is N=S(=O)(CCCCl)c1cc(F)ccc1F. The molecule has 1 aromatic rings. The van der Waals surface area contributed by atoms with Gasteiger partial charge in [0, 0.05) is 11.6 Å². The van der Waals surface area contributed by atoms with E-state index in [-0.39, 0.29) is 16.5 Å². The molecule has 0 saturated carbocycles. The molecule has 0 bridgehead atoms. The number of halogens is 3. The summed E-state index contributed by atoms with van der Waals surface area (Å²) >= 11 is 5.39. The molecule has 0 spiro atoms. The summed E-state index contributed by atoms with van der Waals surface area (Å²) in [6.45, 7) is 0.